The Balaban J connectivity index is 1.74. The molecular weight excluding hydrogens is 352 g/mol. The summed E-state index contributed by atoms with van der Waals surface area (Å²) in [6, 6.07) is 13.0. The molecule has 0 fully saturated rings. The molecule has 0 aliphatic rings. The molecule has 0 spiro atoms. The number of nitro benzene ring substituents is 1. The van der Waals surface area contributed by atoms with Gasteiger partial charge in [-0.15, -0.1) is 0 Å². The normalized spacial score (nSPS) is 12.0. The van der Waals surface area contributed by atoms with E-state index in [0.717, 1.165) is 5.52 Å². The van der Waals surface area contributed by atoms with Gasteiger partial charge in [0.2, 0.25) is 5.91 Å². The zero-order chi connectivity index (χ0) is 19.4. The highest BCUT2D eigenvalue weighted by atomic mass is 16.6. The minimum atomic E-state index is -0.923. The minimum Gasteiger partial charge on any atom is -0.491 e. The number of para-hydroxylation sites is 2. The number of nitrogens with two attached hydrogens (primary N) is 1. The molecule has 0 aliphatic heterocycles. The molecular formula is C18H18N4O5. The van der Waals surface area contributed by atoms with Gasteiger partial charge in [-0.2, -0.15) is 0 Å². The van der Waals surface area contributed by atoms with Crippen molar-refractivity contribution < 1.29 is 19.6 Å². The molecule has 1 aromatic heterocycles. The highest BCUT2D eigenvalue weighted by molar-refractivity contribution is 5.80. The van der Waals surface area contributed by atoms with Crippen molar-refractivity contribution in [1.29, 1.82) is 0 Å². The Bertz CT molecular complexity index is 985. The third-order valence-electron chi connectivity index (χ3n) is 3.93. The van der Waals surface area contributed by atoms with Gasteiger partial charge in [-0.3, -0.25) is 14.9 Å². The maximum Gasteiger partial charge on any atom is 0.273 e. The number of nitrogens with zero attached hydrogens (tertiary/aromatic N) is 3. The topological polar surface area (TPSA) is 134 Å². The van der Waals surface area contributed by atoms with Crippen LogP contribution in [-0.4, -0.2) is 38.2 Å². The van der Waals surface area contributed by atoms with E-state index in [9.17, 15) is 20.0 Å². The predicted octanol–water partition coefficient (Wildman–Crippen LogP) is 1.41. The van der Waals surface area contributed by atoms with E-state index >= 15 is 0 Å². The lowest BCUT2D eigenvalue weighted by atomic mass is 10.3. The first-order valence-corrected chi connectivity index (χ1v) is 8.22. The van der Waals surface area contributed by atoms with Gasteiger partial charge in [0.15, 0.2) is 0 Å². The van der Waals surface area contributed by atoms with Gasteiger partial charge in [0.05, 0.1) is 35.0 Å². The maximum atomic E-state index is 11.3. The largest absolute Gasteiger partial charge is 0.491 e. The maximum absolute atomic E-state index is 11.3. The molecule has 1 amide bonds. The van der Waals surface area contributed by atoms with Crippen molar-refractivity contribution in [3.8, 4) is 5.75 Å². The molecule has 0 saturated carbocycles. The molecule has 9 heteroatoms. The Kier molecular flexibility index (Phi) is 5.32. The molecule has 140 valence electrons. The van der Waals surface area contributed by atoms with Crippen LogP contribution in [0.25, 0.3) is 11.0 Å². The predicted molar refractivity (Wildman–Crippen MR) is 97.2 cm³/mol. The Morgan fingerprint density at radius 2 is 2.07 bits per heavy atom. The van der Waals surface area contributed by atoms with Crippen LogP contribution in [0.1, 0.15) is 5.82 Å². The van der Waals surface area contributed by atoms with Crippen LogP contribution in [0.5, 0.6) is 5.75 Å². The zero-order valence-corrected chi connectivity index (χ0v) is 14.3. The van der Waals surface area contributed by atoms with Gasteiger partial charge in [-0.05, 0) is 18.2 Å². The number of carbonyl (C=O) groups is 1. The number of aliphatic hydroxyl groups excluding tert-OH is 1. The van der Waals surface area contributed by atoms with Crippen LogP contribution in [0.4, 0.5) is 5.69 Å². The second-order valence-electron chi connectivity index (χ2n) is 5.99. The van der Waals surface area contributed by atoms with Crippen molar-refractivity contribution >= 4 is 22.6 Å². The van der Waals surface area contributed by atoms with Gasteiger partial charge in [0.1, 0.15) is 24.3 Å². The molecule has 0 bridgehead atoms. The van der Waals surface area contributed by atoms with Crippen molar-refractivity contribution in [3.63, 3.8) is 0 Å². The summed E-state index contributed by atoms with van der Waals surface area (Å²) in [4.78, 5) is 26.0. The molecule has 0 radical (unpaired) electrons. The van der Waals surface area contributed by atoms with Crippen LogP contribution in [0.2, 0.25) is 0 Å². The second-order valence-corrected chi connectivity index (χ2v) is 5.99. The summed E-state index contributed by atoms with van der Waals surface area (Å²) in [6.07, 6.45) is -0.971. The number of rotatable bonds is 8. The lowest BCUT2D eigenvalue weighted by Gasteiger charge is -2.15. The molecule has 2 aromatic carbocycles. The number of nitro groups is 1. The van der Waals surface area contributed by atoms with E-state index in [1.807, 2.05) is 24.3 Å². The molecule has 3 rings (SSSR count). The first-order valence-electron chi connectivity index (χ1n) is 8.22. The zero-order valence-electron chi connectivity index (χ0n) is 14.3. The fourth-order valence-electron chi connectivity index (χ4n) is 2.76. The molecule has 27 heavy (non-hydrogen) atoms. The highest BCUT2D eigenvalue weighted by Gasteiger charge is 2.16. The Labute approximate surface area is 154 Å². The summed E-state index contributed by atoms with van der Waals surface area (Å²) < 4.78 is 7.18. The first-order chi connectivity index (χ1) is 12.9. The summed E-state index contributed by atoms with van der Waals surface area (Å²) >= 11 is 0. The van der Waals surface area contributed by atoms with Gasteiger partial charge in [-0.25, -0.2) is 4.98 Å². The fraction of sp³-hybridized carbons (Fsp3) is 0.222. The van der Waals surface area contributed by atoms with Crippen LogP contribution in [0.3, 0.4) is 0 Å². The Hall–Kier alpha value is -3.46. The number of non-ortho nitro benzene ring substituents is 1. The number of carbonyl (C=O) groups excluding carboxylic acids is 1. The molecule has 0 aliphatic carbocycles. The lowest BCUT2D eigenvalue weighted by molar-refractivity contribution is -0.384. The molecule has 1 atom stereocenters. The van der Waals surface area contributed by atoms with E-state index in [2.05, 4.69) is 4.98 Å². The molecule has 9 nitrogen and oxygen atoms in total. The molecule has 1 heterocycles. The Morgan fingerprint density at radius 1 is 1.30 bits per heavy atom. The lowest BCUT2D eigenvalue weighted by Crippen LogP contribution is -2.26. The van der Waals surface area contributed by atoms with E-state index in [-0.39, 0.29) is 31.0 Å². The molecule has 0 saturated heterocycles. The van der Waals surface area contributed by atoms with E-state index in [4.69, 9.17) is 10.5 Å². The van der Waals surface area contributed by atoms with Crippen LogP contribution in [-0.2, 0) is 17.8 Å². The highest BCUT2D eigenvalue weighted by Crippen LogP contribution is 2.20. The quantitative estimate of drug-likeness (QED) is 0.455. The number of primary amides is 1. The summed E-state index contributed by atoms with van der Waals surface area (Å²) in [5, 5.41) is 21.2. The van der Waals surface area contributed by atoms with Crippen LogP contribution in [0.15, 0.2) is 48.5 Å². The van der Waals surface area contributed by atoms with Crippen LogP contribution >= 0.6 is 0 Å². The number of aromatic nitrogens is 2. The van der Waals surface area contributed by atoms with Crippen LogP contribution < -0.4 is 10.5 Å². The number of hydrogen-bond donors (Lipinski definition) is 2. The van der Waals surface area contributed by atoms with Gasteiger partial charge in [-0.1, -0.05) is 18.2 Å². The van der Waals surface area contributed by atoms with Gasteiger partial charge >= 0.3 is 0 Å². The number of aliphatic hydroxyl groups is 1. The van der Waals surface area contributed by atoms with Crippen molar-refractivity contribution in [2.45, 2.75) is 19.1 Å². The number of hydrogen-bond acceptors (Lipinski definition) is 6. The third kappa shape index (κ3) is 4.39. The van der Waals surface area contributed by atoms with Crippen molar-refractivity contribution in [1.82, 2.24) is 9.55 Å². The molecule has 3 N–H and O–H groups in total. The summed E-state index contributed by atoms with van der Waals surface area (Å²) in [7, 11) is 0. The molecule has 1 unspecified atom stereocenters. The monoisotopic (exact) mass is 370 g/mol. The number of amides is 1. The SMILES string of the molecule is NC(=O)Cc1nc2ccccc2n1CC(O)COc1cccc([N+](=O)[O-])c1. The van der Waals surface area contributed by atoms with E-state index in [1.54, 1.807) is 10.6 Å². The summed E-state index contributed by atoms with van der Waals surface area (Å²) in [5.41, 5.74) is 6.66. The average molecular weight is 370 g/mol. The minimum absolute atomic E-state index is 0.0485. The van der Waals surface area contributed by atoms with Gasteiger partial charge in [0, 0.05) is 6.07 Å². The number of fused-ring (bicyclic) bond motifs is 1. The van der Waals surface area contributed by atoms with E-state index in [0.29, 0.717) is 11.3 Å². The Morgan fingerprint density at radius 3 is 2.81 bits per heavy atom. The number of imidazole rings is 1. The summed E-state index contributed by atoms with van der Waals surface area (Å²) in [5.74, 6) is 0.225. The molecule has 3 aromatic rings. The van der Waals surface area contributed by atoms with Crippen molar-refractivity contribution in [2.24, 2.45) is 5.73 Å². The van der Waals surface area contributed by atoms with Gasteiger partial charge in [0.25, 0.3) is 5.69 Å². The van der Waals surface area contributed by atoms with Crippen molar-refractivity contribution in [2.75, 3.05) is 6.61 Å². The smallest absolute Gasteiger partial charge is 0.273 e. The van der Waals surface area contributed by atoms with E-state index in [1.165, 1.54) is 18.2 Å². The fourth-order valence-corrected chi connectivity index (χ4v) is 2.76. The van der Waals surface area contributed by atoms with Crippen LogP contribution in [0, 0.1) is 10.1 Å². The van der Waals surface area contributed by atoms with E-state index < -0.39 is 16.9 Å². The first kappa shape index (κ1) is 18.3. The number of ether oxygens (including phenoxy) is 1. The van der Waals surface area contributed by atoms with Crippen molar-refractivity contribution in [3.05, 3.63) is 64.5 Å². The summed E-state index contributed by atoms with van der Waals surface area (Å²) in [6.45, 7) is 0.0573. The standard InChI is InChI=1S/C18H18N4O5/c19-17(24)9-18-20-15-6-1-2-7-16(15)21(18)10-13(23)11-27-14-5-3-4-12(8-14)22(25)26/h1-8,13,23H,9-11H2,(H2,19,24). The van der Waals surface area contributed by atoms with Gasteiger partial charge < -0.3 is 20.1 Å². The second kappa shape index (κ2) is 7.83. The average Bonchev–Trinajstić information content (AvgIpc) is 2.97. The third-order valence-corrected chi connectivity index (χ3v) is 3.93. The number of benzene rings is 2.